The summed E-state index contributed by atoms with van der Waals surface area (Å²) in [5.41, 5.74) is 0.410. The molecule has 2 aromatic heterocycles. The molecule has 0 saturated heterocycles. The number of hydrogen-bond donors (Lipinski definition) is 1. The molecule has 2 fully saturated rings. The lowest BCUT2D eigenvalue weighted by Gasteiger charge is -2.28. The van der Waals surface area contributed by atoms with Crippen molar-refractivity contribution < 1.29 is 13.2 Å². The van der Waals surface area contributed by atoms with Gasteiger partial charge in [0, 0.05) is 25.5 Å². The van der Waals surface area contributed by atoms with Crippen molar-refractivity contribution in [2.45, 2.75) is 43.8 Å². The first-order chi connectivity index (χ1) is 13.3. The first-order valence-corrected chi connectivity index (χ1v) is 11.2. The third-order valence-corrected chi connectivity index (χ3v) is 7.60. The Hall–Kier alpha value is -2.36. The van der Waals surface area contributed by atoms with Gasteiger partial charge in [-0.1, -0.05) is 6.42 Å². The summed E-state index contributed by atoms with van der Waals surface area (Å²) >= 11 is 0. The predicted octanol–water partition coefficient (Wildman–Crippen LogP) is 0.987. The zero-order valence-electron chi connectivity index (χ0n) is 15.9. The van der Waals surface area contributed by atoms with Crippen molar-refractivity contribution in [1.29, 1.82) is 0 Å². The number of nitrogens with zero attached hydrogens (tertiary/aromatic N) is 5. The second kappa shape index (κ2) is 7.23. The van der Waals surface area contributed by atoms with E-state index in [2.05, 4.69) is 25.5 Å². The van der Waals surface area contributed by atoms with Gasteiger partial charge < -0.3 is 5.32 Å². The molecule has 2 aliphatic carbocycles. The largest absolute Gasteiger partial charge is 0.352 e. The summed E-state index contributed by atoms with van der Waals surface area (Å²) in [5, 5.41) is 10.3. The van der Waals surface area contributed by atoms with Crippen LogP contribution in [-0.4, -0.2) is 50.9 Å². The van der Waals surface area contributed by atoms with Crippen LogP contribution in [0.15, 0.2) is 23.7 Å². The van der Waals surface area contributed by atoms with E-state index in [4.69, 9.17) is 0 Å². The number of aromatic nitrogens is 5. The molecule has 1 N–H and O–H groups in total. The Balaban J connectivity index is 1.44. The Bertz CT molecular complexity index is 974. The molecule has 2 aliphatic rings. The summed E-state index contributed by atoms with van der Waals surface area (Å²) in [5.74, 6) is 1.01. The van der Waals surface area contributed by atoms with Gasteiger partial charge in [0.25, 0.3) is 0 Å². The van der Waals surface area contributed by atoms with E-state index >= 15 is 0 Å². The van der Waals surface area contributed by atoms with Crippen LogP contribution < -0.4 is 5.32 Å². The summed E-state index contributed by atoms with van der Waals surface area (Å²) in [6.07, 6.45) is 9.36. The average molecular weight is 404 g/mol. The maximum atomic E-state index is 12.7. The van der Waals surface area contributed by atoms with Crippen LogP contribution in [0.4, 0.5) is 0 Å². The third-order valence-electron chi connectivity index (χ3n) is 6.05. The summed E-state index contributed by atoms with van der Waals surface area (Å²) in [7, 11) is -2.39. The minimum atomic E-state index is -3.93. The van der Waals surface area contributed by atoms with Crippen molar-refractivity contribution >= 4 is 15.7 Å². The number of fused-ring (bicyclic) bond motifs is 2. The van der Waals surface area contributed by atoms with Crippen molar-refractivity contribution in [2.75, 3.05) is 5.75 Å². The molecular weight excluding hydrogens is 380 g/mol. The molecule has 4 atom stereocenters. The molecule has 10 heteroatoms. The van der Waals surface area contributed by atoms with Crippen LogP contribution in [0.25, 0.3) is 11.5 Å². The molecule has 0 aliphatic heterocycles. The number of carbonyl (C=O) groups excluding carboxylic acids is 1. The first-order valence-electron chi connectivity index (χ1n) is 9.53. The van der Waals surface area contributed by atoms with Crippen LogP contribution in [0.2, 0.25) is 0 Å². The topological polar surface area (TPSA) is 120 Å². The lowest BCUT2D eigenvalue weighted by atomic mass is 9.84. The van der Waals surface area contributed by atoms with Gasteiger partial charge in [-0.2, -0.15) is 0 Å². The van der Waals surface area contributed by atoms with Gasteiger partial charge in [0.2, 0.25) is 20.9 Å². The van der Waals surface area contributed by atoms with E-state index in [1.807, 2.05) is 6.92 Å². The zero-order chi connectivity index (χ0) is 19.9. The molecule has 2 saturated carbocycles. The average Bonchev–Trinajstić information content (AvgIpc) is 3.37. The van der Waals surface area contributed by atoms with Gasteiger partial charge in [-0.05, 0) is 43.9 Å². The highest BCUT2D eigenvalue weighted by Gasteiger charge is 2.42. The van der Waals surface area contributed by atoms with Crippen molar-refractivity contribution in [1.82, 2.24) is 30.0 Å². The highest BCUT2D eigenvalue weighted by molar-refractivity contribution is 7.91. The molecule has 0 aromatic carbocycles. The van der Waals surface area contributed by atoms with Gasteiger partial charge in [0.15, 0.2) is 5.82 Å². The summed E-state index contributed by atoms with van der Waals surface area (Å²) in [4.78, 5) is 20.5. The Morgan fingerprint density at radius 1 is 1.29 bits per heavy atom. The van der Waals surface area contributed by atoms with Crippen LogP contribution in [0, 0.1) is 17.8 Å². The summed E-state index contributed by atoms with van der Waals surface area (Å²) < 4.78 is 26.8. The highest BCUT2D eigenvalue weighted by Crippen LogP contribution is 2.49. The number of rotatable bonds is 6. The lowest BCUT2D eigenvalue weighted by molar-refractivity contribution is -0.119. The van der Waals surface area contributed by atoms with Crippen LogP contribution >= 0.6 is 0 Å². The molecule has 4 rings (SSSR count). The maximum absolute atomic E-state index is 12.7. The van der Waals surface area contributed by atoms with Gasteiger partial charge in [0.1, 0.15) is 11.4 Å². The van der Waals surface area contributed by atoms with Gasteiger partial charge in [-0.3, -0.25) is 14.3 Å². The second-order valence-corrected chi connectivity index (χ2v) is 9.79. The fourth-order valence-corrected chi connectivity index (χ4v) is 6.00. The second-order valence-electron chi connectivity index (χ2n) is 7.91. The van der Waals surface area contributed by atoms with E-state index in [-0.39, 0.29) is 17.0 Å². The van der Waals surface area contributed by atoms with Crippen molar-refractivity contribution in [3.63, 3.8) is 0 Å². The Kier molecular flexibility index (Phi) is 4.90. The minimum absolute atomic E-state index is 0.0207. The van der Waals surface area contributed by atoms with Crippen LogP contribution in [0.3, 0.4) is 0 Å². The minimum Gasteiger partial charge on any atom is -0.352 e. The molecule has 0 unspecified atom stereocenters. The monoisotopic (exact) mass is 404 g/mol. The number of nitrogens with one attached hydrogen (secondary N) is 1. The molecular formula is C18H24N6O3S. The molecule has 28 heavy (non-hydrogen) atoms. The van der Waals surface area contributed by atoms with Crippen molar-refractivity contribution in [3.8, 4) is 11.5 Å². The zero-order valence-corrected chi connectivity index (χ0v) is 16.8. The normalized spacial score (nSPS) is 25.0. The fourth-order valence-electron chi connectivity index (χ4n) is 4.77. The molecule has 0 spiro atoms. The van der Waals surface area contributed by atoms with Crippen molar-refractivity contribution in [2.24, 2.45) is 24.8 Å². The molecule has 0 radical (unpaired) electrons. The number of carbonyl (C=O) groups is 1. The first kappa shape index (κ1) is 19.0. The third kappa shape index (κ3) is 3.52. The highest BCUT2D eigenvalue weighted by atomic mass is 32.2. The number of hydrogen-bond acceptors (Lipinski definition) is 7. The van der Waals surface area contributed by atoms with E-state index in [1.165, 1.54) is 49.5 Å². The van der Waals surface area contributed by atoms with Gasteiger partial charge in [-0.15, -0.1) is 10.2 Å². The van der Waals surface area contributed by atoms with Crippen LogP contribution in [0.1, 0.15) is 32.6 Å². The summed E-state index contributed by atoms with van der Waals surface area (Å²) in [6, 6.07) is -0.0207. The van der Waals surface area contributed by atoms with E-state index < -0.39 is 21.5 Å². The molecule has 2 aromatic rings. The number of sulfone groups is 1. The van der Waals surface area contributed by atoms with Crippen molar-refractivity contribution in [3.05, 3.63) is 18.6 Å². The lowest BCUT2D eigenvalue weighted by Crippen LogP contribution is -2.42. The number of amides is 1. The van der Waals surface area contributed by atoms with E-state index in [0.29, 0.717) is 17.5 Å². The summed E-state index contributed by atoms with van der Waals surface area (Å²) in [6.45, 7) is 1.98. The van der Waals surface area contributed by atoms with Gasteiger partial charge >= 0.3 is 0 Å². The maximum Gasteiger partial charge on any atom is 0.250 e. The Morgan fingerprint density at radius 2 is 2.11 bits per heavy atom. The molecule has 2 bridgehead atoms. The Morgan fingerprint density at radius 3 is 2.75 bits per heavy atom. The molecule has 1 amide bonds. The quantitative estimate of drug-likeness (QED) is 0.762. The Labute approximate surface area is 163 Å². The van der Waals surface area contributed by atoms with Gasteiger partial charge in [-0.25, -0.2) is 13.4 Å². The SMILES string of the molecule is C[C@@H](NC(=O)CS(=O)(=O)c1nnc(-c2cnccn2)n1C)[C@@H]1C[C@H]2CC[C@H]1C2. The van der Waals surface area contributed by atoms with E-state index in [9.17, 15) is 13.2 Å². The van der Waals surface area contributed by atoms with Crippen LogP contribution in [-0.2, 0) is 21.7 Å². The van der Waals surface area contributed by atoms with Gasteiger partial charge in [0.05, 0.1) is 6.20 Å². The molecule has 150 valence electrons. The van der Waals surface area contributed by atoms with Crippen LogP contribution in [0.5, 0.6) is 0 Å². The standard InChI is InChI=1S/C18H24N6O3S/c1-11(14-8-12-3-4-13(14)7-12)21-16(25)10-28(26,27)18-23-22-17(24(18)2)15-9-19-5-6-20-15/h5-6,9,11-14H,3-4,7-8,10H2,1-2H3,(H,21,25)/t11-,12+,13+,14+/m1/s1. The molecule has 9 nitrogen and oxygen atoms in total. The van der Waals surface area contributed by atoms with E-state index in [1.54, 1.807) is 0 Å². The van der Waals surface area contributed by atoms with E-state index in [0.717, 1.165) is 12.3 Å². The smallest absolute Gasteiger partial charge is 0.250 e. The fraction of sp³-hybridized carbons (Fsp3) is 0.611. The predicted molar refractivity (Wildman–Crippen MR) is 101 cm³/mol. The molecule has 2 heterocycles.